The number of nitrogens with one attached hydrogen (secondary N) is 1. The van der Waals surface area contributed by atoms with Crippen molar-refractivity contribution >= 4 is 51.2 Å². The maximum absolute atomic E-state index is 12.5. The summed E-state index contributed by atoms with van der Waals surface area (Å²) >= 11 is 8.75. The maximum atomic E-state index is 12.5. The number of likely N-dealkylation sites (tertiary alicyclic amines) is 1. The number of halogens is 2. The Labute approximate surface area is 163 Å². The van der Waals surface area contributed by atoms with Gasteiger partial charge < -0.3 is 10.2 Å². The molecule has 0 spiro atoms. The topological polar surface area (TPSA) is 86.8 Å². The maximum Gasteiger partial charge on any atom is 0.262 e. The Morgan fingerprint density at radius 1 is 1.15 bits per heavy atom. The monoisotopic (exact) mass is 441 g/mol. The van der Waals surface area contributed by atoms with Crippen LogP contribution in [0.5, 0.6) is 0 Å². The van der Waals surface area contributed by atoms with E-state index in [2.05, 4.69) is 21.2 Å². The molecule has 1 N–H and O–H groups in total. The van der Waals surface area contributed by atoms with Gasteiger partial charge in [0.1, 0.15) is 12.4 Å². The number of carbonyl (C=O) groups is 4. The molecule has 0 aliphatic carbocycles. The van der Waals surface area contributed by atoms with Gasteiger partial charge in [0.15, 0.2) is 0 Å². The minimum atomic E-state index is -0.455. The van der Waals surface area contributed by atoms with Crippen LogP contribution in [0.3, 0.4) is 0 Å². The van der Waals surface area contributed by atoms with Gasteiger partial charge in [0.2, 0.25) is 11.8 Å². The van der Waals surface area contributed by atoms with Crippen molar-refractivity contribution in [2.45, 2.75) is 18.9 Å². The molecule has 1 fully saturated rings. The van der Waals surface area contributed by atoms with Gasteiger partial charge in [-0.25, -0.2) is 0 Å². The molecule has 4 amide bonds. The third-order valence-corrected chi connectivity index (χ3v) is 5.30. The standard InChI is InChI=1S/C17H17BrClN3O4/c18-10-1-2-12-13(7-10)17(26)22(16(12)25)9-15(24)21-5-3-11(4-6-21)20-14(23)8-19/h1-2,7,11H,3-6,8-9H2,(H,20,23). The molecule has 0 unspecified atom stereocenters. The number of rotatable bonds is 4. The summed E-state index contributed by atoms with van der Waals surface area (Å²) in [6.07, 6.45) is 1.23. The van der Waals surface area contributed by atoms with E-state index in [1.54, 1.807) is 23.1 Å². The van der Waals surface area contributed by atoms with Crippen LogP contribution in [0, 0.1) is 0 Å². The summed E-state index contributed by atoms with van der Waals surface area (Å²) < 4.78 is 0.701. The van der Waals surface area contributed by atoms with Crippen LogP contribution in [0.4, 0.5) is 0 Å². The first-order valence-electron chi connectivity index (χ1n) is 8.19. The van der Waals surface area contributed by atoms with Gasteiger partial charge in [-0.05, 0) is 31.0 Å². The zero-order valence-corrected chi connectivity index (χ0v) is 16.2. The Hall–Kier alpha value is -1.93. The predicted octanol–water partition coefficient (Wildman–Crippen LogP) is 1.39. The average molecular weight is 443 g/mol. The van der Waals surface area contributed by atoms with Crippen molar-refractivity contribution in [2.24, 2.45) is 0 Å². The molecular weight excluding hydrogens is 426 g/mol. The minimum Gasteiger partial charge on any atom is -0.352 e. The SMILES string of the molecule is O=C(CCl)NC1CCN(C(=O)CN2C(=O)c3ccc(Br)cc3C2=O)CC1. The fourth-order valence-electron chi connectivity index (χ4n) is 3.18. The largest absolute Gasteiger partial charge is 0.352 e. The smallest absolute Gasteiger partial charge is 0.262 e. The fraction of sp³-hybridized carbons (Fsp3) is 0.412. The molecule has 26 heavy (non-hydrogen) atoms. The lowest BCUT2D eigenvalue weighted by Crippen LogP contribution is -2.49. The van der Waals surface area contributed by atoms with E-state index >= 15 is 0 Å². The van der Waals surface area contributed by atoms with Gasteiger partial charge in [0.25, 0.3) is 11.8 Å². The normalized spacial score (nSPS) is 17.5. The van der Waals surface area contributed by atoms with Crippen molar-refractivity contribution in [3.8, 4) is 0 Å². The van der Waals surface area contributed by atoms with Gasteiger partial charge in [-0.1, -0.05) is 15.9 Å². The summed E-state index contributed by atoms with van der Waals surface area (Å²) in [5, 5.41) is 2.80. The minimum absolute atomic E-state index is 0.0121. The summed E-state index contributed by atoms with van der Waals surface area (Å²) in [7, 11) is 0. The van der Waals surface area contributed by atoms with Crippen LogP contribution in [0.15, 0.2) is 22.7 Å². The van der Waals surface area contributed by atoms with Crippen molar-refractivity contribution in [2.75, 3.05) is 25.5 Å². The molecule has 1 aromatic rings. The lowest BCUT2D eigenvalue weighted by Gasteiger charge is -2.33. The molecular formula is C17H17BrClN3O4. The number of benzene rings is 1. The number of fused-ring (bicyclic) bond motifs is 1. The molecule has 2 aliphatic rings. The summed E-state index contributed by atoms with van der Waals surface area (Å²) in [5.41, 5.74) is 0.619. The van der Waals surface area contributed by atoms with E-state index in [4.69, 9.17) is 11.6 Å². The molecule has 2 aliphatic heterocycles. The van der Waals surface area contributed by atoms with Crippen LogP contribution in [-0.4, -0.2) is 65.0 Å². The highest BCUT2D eigenvalue weighted by atomic mass is 79.9. The molecule has 0 atom stereocenters. The second-order valence-corrected chi connectivity index (χ2v) is 7.43. The van der Waals surface area contributed by atoms with Crippen molar-refractivity contribution in [3.63, 3.8) is 0 Å². The van der Waals surface area contributed by atoms with Gasteiger partial charge >= 0.3 is 0 Å². The van der Waals surface area contributed by atoms with Crippen LogP contribution in [0.2, 0.25) is 0 Å². The second-order valence-electron chi connectivity index (χ2n) is 6.24. The molecule has 0 radical (unpaired) electrons. The number of hydrogen-bond donors (Lipinski definition) is 1. The molecule has 7 nitrogen and oxygen atoms in total. The predicted molar refractivity (Wildman–Crippen MR) is 98.0 cm³/mol. The number of carbonyl (C=O) groups excluding carboxylic acids is 4. The zero-order chi connectivity index (χ0) is 18.8. The summed E-state index contributed by atoms with van der Waals surface area (Å²) in [6.45, 7) is 0.643. The van der Waals surface area contributed by atoms with Crippen LogP contribution in [-0.2, 0) is 9.59 Å². The van der Waals surface area contributed by atoms with Crippen LogP contribution >= 0.6 is 27.5 Å². The molecule has 2 heterocycles. The Balaban J connectivity index is 1.59. The summed E-state index contributed by atoms with van der Waals surface area (Å²) in [4.78, 5) is 51.3. The van der Waals surface area contributed by atoms with E-state index in [-0.39, 0.29) is 30.3 Å². The third-order valence-electron chi connectivity index (χ3n) is 4.56. The van der Waals surface area contributed by atoms with Crippen molar-refractivity contribution in [1.29, 1.82) is 0 Å². The van der Waals surface area contributed by atoms with Gasteiger partial charge in [-0.3, -0.25) is 24.1 Å². The van der Waals surface area contributed by atoms with Crippen molar-refractivity contribution in [1.82, 2.24) is 15.1 Å². The number of imide groups is 1. The molecule has 0 aromatic heterocycles. The quantitative estimate of drug-likeness (QED) is 0.564. The number of amides is 4. The number of alkyl halides is 1. The summed E-state index contributed by atoms with van der Waals surface area (Å²) in [5.74, 6) is -1.50. The third kappa shape index (κ3) is 3.76. The van der Waals surface area contributed by atoms with E-state index in [0.717, 1.165) is 4.90 Å². The van der Waals surface area contributed by atoms with E-state index in [1.165, 1.54) is 0 Å². The Morgan fingerprint density at radius 3 is 2.46 bits per heavy atom. The van der Waals surface area contributed by atoms with Gasteiger partial charge in [-0.15, -0.1) is 11.6 Å². The van der Waals surface area contributed by atoms with Crippen LogP contribution < -0.4 is 5.32 Å². The highest BCUT2D eigenvalue weighted by Crippen LogP contribution is 2.26. The zero-order valence-electron chi connectivity index (χ0n) is 13.8. The van der Waals surface area contributed by atoms with Crippen molar-refractivity contribution < 1.29 is 19.2 Å². The lowest BCUT2D eigenvalue weighted by molar-refractivity contribution is -0.132. The number of nitrogens with zero attached hydrogens (tertiary/aromatic N) is 2. The van der Waals surface area contributed by atoms with E-state index < -0.39 is 11.8 Å². The van der Waals surface area contributed by atoms with Crippen LogP contribution in [0.25, 0.3) is 0 Å². The van der Waals surface area contributed by atoms with E-state index in [9.17, 15) is 19.2 Å². The summed E-state index contributed by atoms with van der Waals surface area (Å²) in [6, 6.07) is 4.84. The van der Waals surface area contributed by atoms with Gasteiger partial charge in [0, 0.05) is 23.6 Å². The molecule has 1 aromatic carbocycles. The molecule has 1 saturated heterocycles. The Kier molecular flexibility index (Phi) is 5.62. The highest BCUT2D eigenvalue weighted by Gasteiger charge is 2.37. The molecule has 138 valence electrons. The van der Waals surface area contributed by atoms with E-state index in [0.29, 0.717) is 41.5 Å². The first kappa shape index (κ1) is 18.8. The Morgan fingerprint density at radius 2 is 1.81 bits per heavy atom. The van der Waals surface area contributed by atoms with Crippen LogP contribution in [0.1, 0.15) is 33.6 Å². The first-order chi connectivity index (χ1) is 12.4. The van der Waals surface area contributed by atoms with Crippen molar-refractivity contribution in [3.05, 3.63) is 33.8 Å². The molecule has 9 heteroatoms. The van der Waals surface area contributed by atoms with Gasteiger partial charge in [0.05, 0.1) is 11.1 Å². The molecule has 3 rings (SSSR count). The number of hydrogen-bond acceptors (Lipinski definition) is 4. The average Bonchev–Trinajstić information content (AvgIpc) is 2.86. The second kappa shape index (κ2) is 7.75. The van der Waals surface area contributed by atoms with E-state index in [1.807, 2.05) is 0 Å². The Bertz CT molecular complexity index is 777. The molecule has 0 saturated carbocycles. The highest BCUT2D eigenvalue weighted by molar-refractivity contribution is 9.10. The first-order valence-corrected chi connectivity index (χ1v) is 9.52. The van der Waals surface area contributed by atoms with Gasteiger partial charge in [-0.2, -0.15) is 0 Å². The lowest BCUT2D eigenvalue weighted by atomic mass is 10.0. The number of piperidine rings is 1. The fourth-order valence-corrected chi connectivity index (χ4v) is 3.62. The molecule has 0 bridgehead atoms.